The van der Waals surface area contributed by atoms with Gasteiger partial charge in [-0.05, 0) is 109 Å². The number of carbonyl (C=O) groups excluding carboxylic acids is 2. The molecule has 0 amide bonds. The SMILES string of the molecule is CC1(C)[C@@H](O)[C@@H](O)[C@H](O)[C@]2(C)[C@H]3C(=O)C=C4[C@@H]5C[C@@](C)(C(=O)OCc6ccc(Cl)cc6)CC[C@]5(C)CC[C@@]4(C)[C@]3(C)CC[C@@H]12. The zero-order valence-electron chi connectivity index (χ0n) is 27.5. The first-order valence-corrected chi connectivity index (χ1v) is 16.9. The number of hydrogen-bond donors (Lipinski definition) is 3. The molecular weight excluding hydrogens is 576 g/mol. The van der Waals surface area contributed by atoms with Crippen molar-refractivity contribution in [3.05, 3.63) is 46.5 Å². The van der Waals surface area contributed by atoms with Crippen molar-refractivity contribution in [1.29, 1.82) is 0 Å². The van der Waals surface area contributed by atoms with Gasteiger partial charge in [0, 0.05) is 16.4 Å². The van der Waals surface area contributed by atoms with Gasteiger partial charge >= 0.3 is 5.97 Å². The molecule has 0 bridgehead atoms. The minimum atomic E-state index is -1.31. The topological polar surface area (TPSA) is 104 Å². The molecule has 0 unspecified atom stereocenters. The van der Waals surface area contributed by atoms with Gasteiger partial charge in [-0.1, -0.05) is 70.8 Å². The third kappa shape index (κ3) is 4.22. The van der Waals surface area contributed by atoms with Crippen molar-refractivity contribution >= 4 is 23.4 Å². The molecule has 7 heteroatoms. The molecular formula is C37H51ClO6. The highest BCUT2D eigenvalue weighted by molar-refractivity contribution is 6.30. The second-order valence-electron chi connectivity index (χ2n) is 17.0. The molecule has 4 fully saturated rings. The average Bonchev–Trinajstić information content (AvgIpc) is 2.96. The summed E-state index contributed by atoms with van der Waals surface area (Å²) < 4.78 is 5.89. The van der Waals surface area contributed by atoms with Crippen LogP contribution in [0.3, 0.4) is 0 Å². The quantitative estimate of drug-likeness (QED) is 0.324. The Kier molecular flexibility index (Phi) is 7.42. The van der Waals surface area contributed by atoms with Gasteiger partial charge in [-0.25, -0.2) is 0 Å². The van der Waals surface area contributed by atoms with Gasteiger partial charge in [-0.3, -0.25) is 9.59 Å². The van der Waals surface area contributed by atoms with Gasteiger partial charge < -0.3 is 20.1 Å². The van der Waals surface area contributed by atoms with E-state index in [1.165, 1.54) is 5.57 Å². The Morgan fingerprint density at radius 3 is 2.20 bits per heavy atom. The smallest absolute Gasteiger partial charge is 0.312 e. The summed E-state index contributed by atoms with van der Waals surface area (Å²) in [4.78, 5) is 28.2. The van der Waals surface area contributed by atoms with Crippen LogP contribution in [0.4, 0.5) is 0 Å². The monoisotopic (exact) mass is 626 g/mol. The van der Waals surface area contributed by atoms with Crippen molar-refractivity contribution in [3.8, 4) is 0 Å². The van der Waals surface area contributed by atoms with Crippen LogP contribution >= 0.6 is 11.6 Å². The predicted octanol–water partition coefficient (Wildman–Crippen LogP) is 6.67. The number of rotatable bonds is 3. The van der Waals surface area contributed by atoms with E-state index in [0.717, 1.165) is 44.1 Å². The van der Waals surface area contributed by atoms with Gasteiger partial charge in [-0.15, -0.1) is 0 Å². The number of fused-ring (bicyclic) bond motifs is 7. The van der Waals surface area contributed by atoms with E-state index in [1.54, 1.807) is 12.1 Å². The maximum atomic E-state index is 14.6. The molecule has 4 saturated carbocycles. The lowest BCUT2D eigenvalue weighted by molar-refractivity contribution is -0.272. The largest absolute Gasteiger partial charge is 0.460 e. The van der Waals surface area contributed by atoms with Crippen molar-refractivity contribution in [3.63, 3.8) is 0 Å². The van der Waals surface area contributed by atoms with Crippen LogP contribution in [0.15, 0.2) is 35.9 Å². The highest BCUT2D eigenvalue weighted by Gasteiger charge is 2.73. The summed E-state index contributed by atoms with van der Waals surface area (Å²) in [6.45, 7) is 15.0. The van der Waals surface area contributed by atoms with E-state index in [-0.39, 0.29) is 41.0 Å². The number of hydrogen-bond acceptors (Lipinski definition) is 6. The third-order valence-electron chi connectivity index (χ3n) is 14.5. The summed E-state index contributed by atoms with van der Waals surface area (Å²) in [5, 5.41) is 34.4. The minimum absolute atomic E-state index is 0.0153. The lowest BCUT2D eigenvalue weighted by atomic mass is 9.33. The van der Waals surface area contributed by atoms with Crippen LogP contribution in [0.25, 0.3) is 0 Å². The molecule has 1 aromatic carbocycles. The molecule has 1 aromatic rings. The molecule has 5 aliphatic carbocycles. The second-order valence-corrected chi connectivity index (χ2v) is 17.5. The van der Waals surface area contributed by atoms with Crippen molar-refractivity contribution in [1.82, 2.24) is 0 Å². The van der Waals surface area contributed by atoms with E-state index >= 15 is 0 Å². The number of aliphatic hydroxyl groups is 3. The Morgan fingerprint density at radius 1 is 0.909 bits per heavy atom. The molecule has 5 aliphatic rings. The van der Waals surface area contributed by atoms with E-state index in [2.05, 4.69) is 20.8 Å². The number of ketones is 1. The van der Waals surface area contributed by atoms with Crippen LogP contribution < -0.4 is 0 Å². The summed E-state index contributed by atoms with van der Waals surface area (Å²) in [6.07, 6.45) is 4.12. The van der Waals surface area contributed by atoms with E-state index in [0.29, 0.717) is 11.4 Å². The molecule has 6 rings (SSSR count). The van der Waals surface area contributed by atoms with Crippen molar-refractivity contribution in [2.75, 3.05) is 0 Å². The van der Waals surface area contributed by atoms with Crippen LogP contribution in [0.5, 0.6) is 0 Å². The fourth-order valence-corrected chi connectivity index (χ4v) is 11.4. The Morgan fingerprint density at radius 2 is 1.55 bits per heavy atom. The maximum Gasteiger partial charge on any atom is 0.312 e. The van der Waals surface area contributed by atoms with Gasteiger partial charge in [-0.2, -0.15) is 0 Å². The molecule has 11 atom stereocenters. The predicted molar refractivity (Wildman–Crippen MR) is 169 cm³/mol. The minimum Gasteiger partial charge on any atom is -0.460 e. The number of aliphatic hydroxyl groups excluding tert-OH is 3. The maximum absolute atomic E-state index is 14.6. The van der Waals surface area contributed by atoms with E-state index < -0.39 is 45.9 Å². The second kappa shape index (κ2) is 10.1. The molecule has 6 nitrogen and oxygen atoms in total. The van der Waals surface area contributed by atoms with Crippen molar-refractivity contribution < 1.29 is 29.6 Å². The summed E-state index contributed by atoms with van der Waals surface area (Å²) in [5.74, 6) is -0.710. The Hall–Kier alpha value is -1.73. The standard InChI is InChI=1S/C37H51ClO6/c1-32(2)26-12-13-36(6)28(37(26,7)30(42)27(40)29(32)41)25(39)18-23-24-19-34(4,15-14-33(24,3)16-17-35(23,36)5)31(43)44-20-21-8-10-22(38)11-9-21/h8-11,18,24,26-30,40-42H,12-17,19-20H2,1-7H3/t24-,26-,27+,28-,29-,30-,33+,34-,35+,36+,37-/m0/s1. The van der Waals surface area contributed by atoms with Crippen molar-refractivity contribution in [2.45, 2.75) is 118 Å². The average molecular weight is 627 g/mol. The van der Waals surface area contributed by atoms with Gasteiger partial charge in [0.25, 0.3) is 0 Å². The fourth-order valence-electron chi connectivity index (χ4n) is 11.3. The Balaban J connectivity index is 1.35. The van der Waals surface area contributed by atoms with Crippen molar-refractivity contribution in [2.24, 2.45) is 50.2 Å². The van der Waals surface area contributed by atoms with Crippen LogP contribution in [0.1, 0.15) is 99.0 Å². The van der Waals surface area contributed by atoms with Gasteiger partial charge in [0.1, 0.15) is 12.7 Å². The van der Waals surface area contributed by atoms with E-state index in [4.69, 9.17) is 16.3 Å². The Labute approximate surface area is 267 Å². The number of halogens is 1. The summed E-state index contributed by atoms with van der Waals surface area (Å²) in [7, 11) is 0. The third-order valence-corrected chi connectivity index (χ3v) is 14.7. The number of esters is 1. The molecule has 0 aromatic heterocycles. The van der Waals surface area contributed by atoms with Gasteiger partial charge in [0.05, 0.1) is 17.6 Å². The van der Waals surface area contributed by atoms with Crippen LogP contribution in [0, 0.1) is 50.2 Å². The zero-order chi connectivity index (χ0) is 32.3. The van der Waals surface area contributed by atoms with Crippen LogP contribution in [-0.2, 0) is 20.9 Å². The Bertz CT molecular complexity index is 1390. The first kappa shape index (κ1) is 32.2. The molecule has 0 saturated heterocycles. The fraction of sp³-hybridized carbons (Fsp3) is 0.730. The molecule has 0 aliphatic heterocycles. The molecule has 242 valence electrons. The number of ether oxygens (including phenoxy) is 1. The number of carbonyl (C=O) groups is 2. The van der Waals surface area contributed by atoms with E-state index in [1.807, 2.05) is 45.9 Å². The summed E-state index contributed by atoms with van der Waals surface area (Å²) in [5.41, 5.74) is -0.899. The van der Waals surface area contributed by atoms with E-state index in [9.17, 15) is 24.9 Å². The summed E-state index contributed by atoms with van der Waals surface area (Å²) in [6, 6.07) is 7.34. The summed E-state index contributed by atoms with van der Waals surface area (Å²) >= 11 is 6.03. The van der Waals surface area contributed by atoms with Crippen LogP contribution in [-0.4, -0.2) is 45.4 Å². The molecule has 3 N–H and O–H groups in total. The highest BCUT2D eigenvalue weighted by Crippen LogP contribution is 2.75. The van der Waals surface area contributed by atoms with Gasteiger partial charge in [0.2, 0.25) is 0 Å². The zero-order valence-corrected chi connectivity index (χ0v) is 28.2. The highest BCUT2D eigenvalue weighted by atomic mass is 35.5. The first-order valence-electron chi connectivity index (χ1n) is 16.6. The molecule has 0 spiro atoms. The lowest BCUT2D eigenvalue weighted by Crippen LogP contribution is -2.73. The van der Waals surface area contributed by atoms with Crippen LogP contribution in [0.2, 0.25) is 5.02 Å². The molecule has 0 heterocycles. The number of allylic oxidation sites excluding steroid dienone is 2. The number of benzene rings is 1. The molecule has 44 heavy (non-hydrogen) atoms. The lowest BCUT2D eigenvalue weighted by Gasteiger charge is -2.71. The first-order chi connectivity index (χ1) is 20.3. The normalized spacial score (nSPS) is 47.8. The van der Waals surface area contributed by atoms with Gasteiger partial charge in [0.15, 0.2) is 5.78 Å². The molecule has 0 radical (unpaired) electrons.